The molecule has 145 heavy (non-hydrogen) atoms. The Hall–Kier alpha value is -6.92. The minimum atomic E-state index is 0.310. The van der Waals surface area contributed by atoms with Gasteiger partial charge in [-0.3, -0.25) is 49.5 Å². The van der Waals surface area contributed by atoms with Crippen LogP contribution >= 0.6 is 0 Å². The van der Waals surface area contributed by atoms with Gasteiger partial charge in [0.2, 0.25) is 29.5 Å². The minimum absolute atomic E-state index is 0.310. The van der Waals surface area contributed by atoms with Crippen LogP contribution in [0.1, 0.15) is 454 Å². The van der Waals surface area contributed by atoms with Crippen molar-refractivity contribution in [3.05, 3.63) is 87.3 Å². The Kier molecular flexibility index (Phi) is 62.7. The molecule has 5 heterocycles. The zero-order valence-electron chi connectivity index (χ0n) is 96.8. The summed E-state index contributed by atoms with van der Waals surface area (Å²) < 4.78 is 15.7. The number of unbranched alkanes of at least 4 members (excludes halogenated alkanes) is 5. The van der Waals surface area contributed by atoms with Gasteiger partial charge in [0, 0.05) is 255 Å². The third kappa shape index (κ3) is 46.0. The Morgan fingerprint density at radius 1 is 0.276 bits per heavy atom. The molecule has 0 spiro atoms. The lowest BCUT2D eigenvalue weighted by atomic mass is 9.82. The lowest BCUT2D eigenvalue weighted by Gasteiger charge is -2.37. The number of carbonyl (C=O) groups excluding carboxylic acids is 5. The molecule has 28 heteroatoms. The number of amides is 5. The predicted octanol–water partition coefficient (Wildman–Crippen LogP) is 23.3. The van der Waals surface area contributed by atoms with Gasteiger partial charge in [-0.1, -0.05) is 136 Å². The normalized spacial score (nSPS) is 19.8. The lowest BCUT2D eigenvalue weighted by Crippen LogP contribution is -2.43. The maximum atomic E-state index is 13.0. The van der Waals surface area contributed by atoms with Crippen molar-refractivity contribution in [3.8, 4) is 0 Å². The van der Waals surface area contributed by atoms with Crippen LogP contribution in [0.3, 0.4) is 0 Å². The van der Waals surface area contributed by atoms with E-state index >= 15 is 0 Å². The number of nitrogens with zero attached hydrogens (tertiary/aromatic N) is 15. The summed E-state index contributed by atoms with van der Waals surface area (Å²) in [5.41, 5.74) is 13.3. The number of nitrogens with one attached hydrogen (secondary N) is 5. The van der Waals surface area contributed by atoms with Crippen LogP contribution in [0.4, 0.5) is 0 Å². The summed E-state index contributed by atoms with van der Waals surface area (Å²) in [5.74, 6) is 6.52. The van der Waals surface area contributed by atoms with E-state index in [1.165, 1.54) is 120 Å². The van der Waals surface area contributed by atoms with Crippen LogP contribution in [-0.4, -0.2) is 302 Å². The maximum Gasteiger partial charge on any atom is 0.223 e. The number of carbonyl (C=O) groups is 5. The molecule has 0 radical (unpaired) electrons. The summed E-state index contributed by atoms with van der Waals surface area (Å²) in [7, 11) is 16.2. The molecule has 5 aromatic rings. The number of rotatable bonds is 60. The van der Waals surface area contributed by atoms with E-state index < -0.39 is 0 Å². The van der Waals surface area contributed by atoms with E-state index in [2.05, 4.69) is 253 Å². The van der Waals surface area contributed by atoms with Gasteiger partial charge < -0.3 is 63.2 Å². The van der Waals surface area contributed by atoms with E-state index in [9.17, 15) is 24.0 Å². The number of H-pyrrole nitrogens is 5. The van der Waals surface area contributed by atoms with Crippen LogP contribution in [0.25, 0.3) is 0 Å². The molecule has 10 rings (SSSR count). The second-order valence-electron chi connectivity index (χ2n) is 46.0. The molecule has 0 aromatic carbocycles. The van der Waals surface area contributed by atoms with Crippen molar-refractivity contribution in [2.24, 2.45) is 29.6 Å². The summed E-state index contributed by atoms with van der Waals surface area (Å²) in [6.45, 7) is 53.5. The molecule has 0 aliphatic heterocycles. The van der Waals surface area contributed by atoms with Gasteiger partial charge in [-0.15, -0.1) is 0 Å². The molecule has 5 aliphatic carbocycles. The van der Waals surface area contributed by atoms with Crippen LogP contribution in [0, 0.1) is 29.6 Å². The van der Waals surface area contributed by atoms with Gasteiger partial charge in [-0.25, -0.2) is 0 Å². The van der Waals surface area contributed by atoms with E-state index in [0.29, 0.717) is 171 Å². The zero-order chi connectivity index (χ0) is 106. The Morgan fingerprint density at radius 3 is 0.648 bits per heavy atom. The smallest absolute Gasteiger partial charge is 0.223 e. The van der Waals surface area contributed by atoms with Crippen molar-refractivity contribution in [1.29, 1.82) is 0 Å². The Morgan fingerprint density at radius 2 is 0.469 bits per heavy atom. The van der Waals surface area contributed by atoms with Gasteiger partial charge in [-0.05, 0) is 298 Å². The third-order valence-electron chi connectivity index (χ3n) is 30.9. The molecule has 5 saturated carbocycles. The van der Waals surface area contributed by atoms with E-state index in [4.69, 9.17) is 14.2 Å². The second-order valence-corrected chi connectivity index (χ2v) is 46.0. The number of aromatic nitrogens is 10. The zero-order valence-corrected chi connectivity index (χ0v) is 96.8. The van der Waals surface area contributed by atoms with Gasteiger partial charge in [0.25, 0.3) is 0 Å². The predicted molar refractivity (Wildman–Crippen MR) is 595 cm³/mol. The number of hydrogen-bond donors (Lipinski definition) is 5. The molecule has 5 N–H and O–H groups in total. The Bertz CT molecular complexity index is 3960. The van der Waals surface area contributed by atoms with Crippen LogP contribution in [0.15, 0.2) is 31.0 Å². The van der Waals surface area contributed by atoms with Gasteiger partial charge in [0.1, 0.15) is 0 Å². The quantitative estimate of drug-likeness (QED) is 0.0226. The summed E-state index contributed by atoms with van der Waals surface area (Å²) >= 11 is 0. The average Bonchev–Trinajstić information content (AvgIpc) is 1.77. The maximum absolute atomic E-state index is 13.0. The molecular weight excluding hydrogens is 1810 g/mol. The van der Waals surface area contributed by atoms with Crippen LogP contribution in [0.5, 0.6) is 0 Å². The first-order chi connectivity index (χ1) is 69.8. The topological polar surface area (TPSA) is 289 Å². The van der Waals surface area contributed by atoms with Crippen molar-refractivity contribution in [2.45, 2.75) is 461 Å². The molecule has 28 nitrogen and oxygen atoms in total. The van der Waals surface area contributed by atoms with Crippen LogP contribution < -0.4 is 0 Å². The Labute approximate surface area is 882 Å². The van der Waals surface area contributed by atoms with E-state index in [1.54, 1.807) is 21.3 Å². The first-order valence-electron chi connectivity index (χ1n) is 58.3. The monoisotopic (exact) mass is 2030 g/mol. The standard InChI is InChI=1S/C25H46N4O2.2C24H44N4O2.2C22H40N4O/c1-6-7-15-28(4)19-22-18-26-27-25(22)21-10-12-23(13-11-21)29(16-8-17-31-5)24(30)14-9-20(2)3;2*1-6-7-13-27(4)18-21-17-25-26-24(21)20-9-11-22(12-10-20)28(14-8-15-30-5)23(29)16-19(2)3;2*1-6-8-13-25(5)16-19-15-23-24-22(19)18-9-11-20(12-10-18)26(7-2)21(27)14-17(3)4/h18,20-21,23H,6-17,19H2,1-5H3,(H,26,27);2*17,19-20,22H,6-16,18H2,1-5H3,(H,25,26);2*15,17-18,20H,6-14,16H2,1-5H3,(H,23,24). The first kappa shape index (κ1) is 127. The number of aromatic amines is 5. The summed E-state index contributed by atoms with van der Waals surface area (Å²) in [5, 5.41) is 38.3. The SMILES string of the molecule is CCCCN(C)Cc1cn[nH]c1C1CCC(N(CC)C(=O)CC(C)C)CC1.CCCCN(C)Cc1cn[nH]c1C1CCC(N(CC)C(=O)CC(C)C)CC1.CCCCN(C)Cc1cn[nH]c1C1CCC(N(CCCOC)C(=O)CC(C)C)CC1.CCCCN(C)Cc1cn[nH]c1C1CCC(N(CCCOC)C(=O)CC(C)C)CC1.CCCCN(C)Cc1cn[nH]c1C1CCC(N(CCCOC)C(=O)CCC(C)C)CC1. The number of hydrogen-bond acceptors (Lipinski definition) is 18. The van der Waals surface area contributed by atoms with E-state index in [-0.39, 0.29) is 0 Å². The first-order valence-corrected chi connectivity index (χ1v) is 58.3. The van der Waals surface area contributed by atoms with Crippen LogP contribution in [-0.2, 0) is 70.9 Å². The number of methoxy groups -OCH3 is 3. The molecule has 5 aliphatic rings. The molecular formula is C117H214N20O8. The van der Waals surface area contributed by atoms with Crippen molar-refractivity contribution in [3.63, 3.8) is 0 Å². The molecule has 5 amide bonds. The Balaban J connectivity index is 0.000000277. The van der Waals surface area contributed by atoms with Gasteiger partial charge in [-0.2, -0.15) is 25.5 Å². The highest BCUT2D eigenvalue weighted by Crippen LogP contribution is 2.43. The number of ether oxygens (including phenoxy) is 3. The average molecular weight is 2030 g/mol. The molecule has 830 valence electrons. The highest BCUT2D eigenvalue weighted by Gasteiger charge is 2.38. The highest BCUT2D eigenvalue weighted by atomic mass is 16.5. The largest absolute Gasteiger partial charge is 0.385 e. The van der Waals surface area contributed by atoms with Gasteiger partial charge in [0.15, 0.2) is 0 Å². The highest BCUT2D eigenvalue weighted by molar-refractivity contribution is 5.78. The summed E-state index contributed by atoms with van der Waals surface area (Å²) in [4.78, 5) is 86.6. The van der Waals surface area contributed by atoms with Crippen molar-refractivity contribution >= 4 is 29.5 Å². The van der Waals surface area contributed by atoms with Gasteiger partial charge >= 0.3 is 0 Å². The van der Waals surface area contributed by atoms with Crippen LogP contribution in [0.2, 0.25) is 0 Å². The fourth-order valence-corrected chi connectivity index (χ4v) is 22.7. The fourth-order valence-electron chi connectivity index (χ4n) is 22.7. The molecule has 0 saturated heterocycles. The molecule has 5 aromatic heterocycles. The van der Waals surface area contributed by atoms with Crippen molar-refractivity contribution < 1.29 is 38.2 Å². The summed E-state index contributed by atoms with van der Waals surface area (Å²) in [6.07, 6.45) is 51.5. The summed E-state index contributed by atoms with van der Waals surface area (Å²) in [6, 6.07) is 1.92. The minimum Gasteiger partial charge on any atom is -0.385 e. The lowest BCUT2D eigenvalue weighted by molar-refractivity contribution is -0.136. The fraction of sp³-hybridized carbons (Fsp3) is 0.829. The third-order valence-corrected chi connectivity index (χ3v) is 30.9. The van der Waals surface area contributed by atoms with Crippen molar-refractivity contribution in [2.75, 3.05) is 142 Å². The molecule has 0 bridgehead atoms. The second kappa shape index (κ2) is 71.8. The molecule has 0 unspecified atom stereocenters. The van der Waals surface area contributed by atoms with E-state index in [1.807, 2.05) is 31.0 Å². The molecule has 0 atom stereocenters. The van der Waals surface area contributed by atoms with E-state index in [0.717, 1.165) is 252 Å². The van der Waals surface area contributed by atoms with Crippen molar-refractivity contribution in [1.82, 2.24) is 100.0 Å². The molecule has 5 fully saturated rings. The van der Waals surface area contributed by atoms with Gasteiger partial charge in [0.05, 0.1) is 31.0 Å².